The quantitative estimate of drug-likeness (QED) is 0.813. The molecule has 1 fully saturated rings. The van der Waals surface area contributed by atoms with E-state index in [1.807, 2.05) is 0 Å². The number of hydrogen-bond acceptors (Lipinski definition) is 5. The van der Waals surface area contributed by atoms with Crippen LogP contribution in [0.3, 0.4) is 0 Å². The van der Waals surface area contributed by atoms with E-state index in [9.17, 15) is 9.59 Å². The van der Waals surface area contributed by atoms with Crippen LogP contribution in [0, 0.1) is 0 Å². The molecule has 0 atom stereocenters. The Morgan fingerprint density at radius 3 is 2.54 bits per heavy atom. The van der Waals surface area contributed by atoms with Gasteiger partial charge in [-0.2, -0.15) is 0 Å². The summed E-state index contributed by atoms with van der Waals surface area (Å²) in [7, 11) is 0. The SMILES string of the molecule is O=C(CCN1CCCC1)Nc1ccc(Cl)c(C(=O)Nc2cncnc2)c1. The number of halogens is 1. The van der Waals surface area contributed by atoms with Gasteiger partial charge in [0.15, 0.2) is 0 Å². The van der Waals surface area contributed by atoms with Crippen molar-refractivity contribution < 1.29 is 9.59 Å². The van der Waals surface area contributed by atoms with Gasteiger partial charge in [-0.05, 0) is 44.1 Å². The van der Waals surface area contributed by atoms with Crippen molar-refractivity contribution in [1.29, 1.82) is 0 Å². The van der Waals surface area contributed by atoms with E-state index in [4.69, 9.17) is 11.6 Å². The first-order chi connectivity index (χ1) is 12.6. The Morgan fingerprint density at radius 2 is 1.81 bits per heavy atom. The number of rotatable bonds is 6. The third kappa shape index (κ3) is 5.00. The third-order valence-electron chi connectivity index (χ3n) is 4.17. The molecule has 1 aliphatic rings. The van der Waals surface area contributed by atoms with E-state index in [0.717, 1.165) is 19.6 Å². The van der Waals surface area contributed by atoms with Gasteiger partial charge in [-0.25, -0.2) is 9.97 Å². The summed E-state index contributed by atoms with van der Waals surface area (Å²) in [5, 5.41) is 5.80. The van der Waals surface area contributed by atoms with Crippen molar-refractivity contribution in [1.82, 2.24) is 14.9 Å². The van der Waals surface area contributed by atoms with Crippen LogP contribution in [-0.4, -0.2) is 46.3 Å². The normalized spacial score (nSPS) is 14.2. The van der Waals surface area contributed by atoms with Gasteiger partial charge in [-0.15, -0.1) is 0 Å². The minimum absolute atomic E-state index is 0.0814. The molecule has 0 radical (unpaired) electrons. The molecule has 0 aliphatic carbocycles. The molecule has 136 valence electrons. The zero-order valence-electron chi connectivity index (χ0n) is 14.2. The van der Waals surface area contributed by atoms with Gasteiger partial charge in [0.05, 0.1) is 28.7 Å². The molecule has 1 aliphatic heterocycles. The Hall–Kier alpha value is -2.51. The number of hydrogen-bond donors (Lipinski definition) is 2. The van der Waals surface area contributed by atoms with E-state index in [-0.39, 0.29) is 11.5 Å². The Labute approximate surface area is 156 Å². The fourth-order valence-corrected chi connectivity index (χ4v) is 3.03. The Kier molecular flexibility index (Phi) is 6.14. The fraction of sp³-hybridized carbons (Fsp3) is 0.333. The maximum absolute atomic E-state index is 12.4. The number of carbonyl (C=O) groups is 2. The van der Waals surface area contributed by atoms with Gasteiger partial charge in [-0.3, -0.25) is 9.59 Å². The largest absolute Gasteiger partial charge is 0.326 e. The van der Waals surface area contributed by atoms with Crippen LogP contribution in [0.2, 0.25) is 5.02 Å². The highest BCUT2D eigenvalue weighted by molar-refractivity contribution is 6.34. The predicted molar refractivity (Wildman–Crippen MR) is 100 cm³/mol. The molecule has 2 amide bonds. The Balaban J connectivity index is 1.61. The van der Waals surface area contributed by atoms with E-state index >= 15 is 0 Å². The van der Waals surface area contributed by atoms with Gasteiger partial charge >= 0.3 is 0 Å². The molecule has 0 bridgehead atoms. The van der Waals surface area contributed by atoms with Crippen LogP contribution in [0.1, 0.15) is 29.6 Å². The molecule has 1 aromatic carbocycles. The topological polar surface area (TPSA) is 87.2 Å². The van der Waals surface area contributed by atoms with E-state index < -0.39 is 5.91 Å². The average molecular weight is 374 g/mol. The van der Waals surface area contributed by atoms with Gasteiger partial charge in [0.1, 0.15) is 6.33 Å². The second kappa shape index (κ2) is 8.73. The molecule has 3 rings (SSSR count). The molecule has 0 saturated carbocycles. The van der Waals surface area contributed by atoms with Gasteiger partial charge in [0, 0.05) is 18.7 Å². The van der Waals surface area contributed by atoms with Crippen LogP contribution in [0.25, 0.3) is 0 Å². The monoisotopic (exact) mass is 373 g/mol. The van der Waals surface area contributed by atoms with Crippen molar-refractivity contribution in [3.8, 4) is 0 Å². The average Bonchev–Trinajstić information content (AvgIpc) is 3.16. The minimum atomic E-state index is -0.391. The fourth-order valence-electron chi connectivity index (χ4n) is 2.83. The van der Waals surface area contributed by atoms with Gasteiger partial charge < -0.3 is 15.5 Å². The second-order valence-corrected chi connectivity index (χ2v) is 6.53. The maximum atomic E-state index is 12.4. The highest BCUT2D eigenvalue weighted by Gasteiger charge is 2.15. The van der Waals surface area contributed by atoms with Crippen LogP contribution < -0.4 is 10.6 Å². The maximum Gasteiger partial charge on any atom is 0.257 e. The van der Waals surface area contributed by atoms with E-state index in [1.165, 1.54) is 31.6 Å². The molecule has 0 unspecified atom stereocenters. The Bertz CT molecular complexity index is 778. The lowest BCUT2D eigenvalue weighted by atomic mass is 10.1. The van der Waals surface area contributed by atoms with Crippen molar-refractivity contribution in [3.63, 3.8) is 0 Å². The number of benzene rings is 1. The summed E-state index contributed by atoms with van der Waals surface area (Å²) in [6.45, 7) is 2.87. The van der Waals surface area contributed by atoms with Crippen molar-refractivity contribution in [3.05, 3.63) is 47.5 Å². The molecule has 7 nitrogen and oxygen atoms in total. The zero-order valence-corrected chi connectivity index (χ0v) is 15.0. The van der Waals surface area contributed by atoms with Crippen molar-refractivity contribution in [2.75, 3.05) is 30.3 Å². The van der Waals surface area contributed by atoms with Crippen LogP contribution in [0.15, 0.2) is 36.9 Å². The molecule has 2 aromatic rings. The highest BCUT2D eigenvalue weighted by Crippen LogP contribution is 2.22. The summed E-state index contributed by atoms with van der Waals surface area (Å²) >= 11 is 6.13. The number of likely N-dealkylation sites (tertiary alicyclic amines) is 1. The smallest absolute Gasteiger partial charge is 0.257 e. The summed E-state index contributed by atoms with van der Waals surface area (Å²) in [5.74, 6) is -0.472. The summed E-state index contributed by atoms with van der Waals surface area (Å²) in [4.78, 5) is 34.5. The van der Waals surface area contributed by atoms with Crippen LogP contribution >= 0.6 is 11.6 Å². The highest BCUT2D eigenvalue weighted by atomic mass is 35.5. The van der Waals surface area contributed by atoms with Crippen LogP contribution in [0.4, 0.5) is 11.4 Å². The lowest BCUT2D eigenvalue weighted by molar-refractivity contribution is -0.116. The summed E-state index contributed by atoms with van der Waals surface area (Å²) in [6, 6.07) is 4.84. The standard InChI is InChI=1S/C18H20ClN5O2/c19-16-4-3-13(22-17(25)5-8-24-6-1-2-7-24)9-15(16)18(26)23-14-10-20-12-21-11-14/h3-4,9-12H,1-2,5-8H2,(H,22,25)(H,23,26). The molecule has 2 N–H and O–H groups in total. The van der Waals surface area contributed by atoms with Crippen LogP contribution in [0.5, 0.6) is 0 Å². The molecule has 26 heavy (non-hydrogen) atoms. The van der Waals surface area contributed by atoms with E-state index in [0.29, 0.717) is 22.8 Å². The summed E-state index contributed by atoms with van der Waals surface area (Å²) < 4.78 is 0. The first-order valence-corrected chi connectivity index (χ1v) is 8.88. The second-order valence-electron chi connectivity index (χ2n) is 6.12. The first-order valence-electron chi connectivity index (χ1n) is 8.50. The number of carbonyl (C=O) groups excluding carboxylic acids is 2. The number of amides is 2. The minimum Gasteiger partial charge on any atom is -0.326 e. The molecular weight excluding hydrogens is 354 g/mol. The molecule has 0 spiro atoms. The molecule has 1 aromatic heterocycles. The lowest BCUT2D eigenvalue weighted by Crippen LogP contribution is -2.25. The lowest BCUT2D eigenvalue weighted by Gasteiger charge is -2.14. The number of nitrogens with zero attached hydrogens (tertiary/aromatic N) is 3. The zero-order chi connectivity index (χ0) is 18.4. The molecular formula is C18H20ClN5O2. The van der Waals surface area contributed by atoms with Crippen LogP contribution in [-0.2, 0) is 4.79 Å². The van der Waals surface area contributed by atoms with Crippen molar-refractivity contribution in [2.45, 2.75) is 19.3 Å². The molecule has 2 heterocycles. The van der Waals surface area contributed by atoms with Gasteiger partial charge in [0.25, 0.3) is 5.91 Å². The number of aromatic nitrogens is 2. The van der Waals surface area contributed by atoms with Crippen molar-refractivity contribution in [2.24, 2.45) is 0 Å². The number of anilines is 2. The number of nitrogens with one attached hydrogen (secondary N) is 2. The first kappa shape index (κ1) is 18.3. The van der Waals surface area contributed by atoms with E-state index in [2.05, 4.69) is 25.5 Å². The summed E-state index contributed by atoms with van der Waals surface area (Å²) in [5.41, 5.74) is 1.27. The predicted octanol–water partition coefficient (Wildman–Crippen LogP) is 2.81. The third-order valence-corrected chi connectivity index (χ3v) is 4.50. The van der Waals surface area contributed by atoms with Crippen molar-refractivity contribution >= 4 is 34.8 Å². The van der Waals surface area contributed by atoms with Gasteiger partial charge in [0.2, 0.25) is 5.91 Å². The summed E-state index contributed by atoms with van der Waals surface area (Å²) in [6.07, 6.45) is 7.17. The molecule has 1 saturated heterocycles. The van der Waals surface area contributed by atoms with E-state index in [1.54, 1.807) is 18.2 Å². The molecule has 8 heteroatoms. The Morgan fingerprint density at radius 1 is 1.08 bits per heavy atom. The van der Waals surface area contributed by atoms with Gasteiger partial charge in [-0.1, -0.05) is 11.6 Å².